The number of phenolic OH excluding ortho intramolecular Hbond substituents is 1. The molecule has 1 N–H and O–H groups in total. The summed E-state index contributed by atoms with van der Waals surface area (Å²) in [6, 6.07) is 17.7. The molecule has 126 valence electrons. The van der Waals surface area contributed by atoms with Gasteiger partial charge in [0.25, 0.3) is 0 Å². The monoisotopic (exact) mass is 323 g/mol. The van der Waals surface area contributed by atoms with Crippen molar-refractivity contribution in [2.75, 3.05) is 7.11 Å². The van der Waals surface area contributed by atoms with E-state index in [4.69, 9.17) is 4.74 Å². The first-order valence-corrected chi connectivity index (χ1v) is 8.90. The number of phenols is 1. The van der Waals surface area contributed by atoms with Crippen molar-refractivity contribution in [3.8, 4) is 11.5 Å². The Kier molecular flexibility index (Phi) is 4.19. The molecule has 1 unspecified atom stereocenters. The van der Waals surface area contributed by atoms with E-state index >= 15 is 0 Å². The second-order valence-electron chi connectivity index (χ2n) is 7.17. The second kappa shape index (κ2) is 6.48. The van der Waals surface area contributed by atoms with Gasteiger partial charge in [-0.3, -0.25) is 4.90 Å². The van der Waals surface area contributed by atoms with E-state index in [-0.39, 0.29) is 0 Å². The second-order valence-corrected chi connectivity index (χ2v) is 7.17. The van der Waals surface area contributed by atoms with Gasteiger partial charge in [-0.15, -0.1) is 0 Å². The van der Waals surface area contributed by atoms with Crippen molar-refractivity contribution < 1.29 is 9.84 Å². The Bertz CT molecular complexity index is 683. The highest BCUT2D eigenvalue weighted by atomic mass is 16.5. The Labute approximate surface area is 143 Å². The molecule has 0 amide bonds. The van der Waals surface area contributed by atoms with Crippen molar-refractivity contribution in [3.05, 3.63) is 59.7 Å². The van der Waals surface area contributed by atoms with Crippen LogP contribution in [0, 0.1) is 0 Å². The molecule has 0 spiro atoms. The minimum Gasteiger partial charge on any atom is -0.508 e. The lowest BCUT2D eigenvalue weighted by Crippen LogP contribution is -2.41. The normalized spacial score (nSPS) is 26.5. The van der Waals surface area contributed by atoms with Crippen LogP contribution in [0.1, 0.15) is 42.7 Å². The molecule has 24 heavy (non-hydrogen) atoms. The van der Waals surface area contributed by atoms with Crippen molar-refractivity contribution in [3.63, 3.8) is 0 Å². The van der Waals surface area contributed by atoms with Crippen LogP contribution in [0.15, 0.2) is 48.5 Å². The standard InChI is InChI=1S/C21H25NO2/c1-24-21-9-5-16(6-10-21)17-12-18-7-8-19(13-17)22(18)14-15-3-2-4-20(23)11-15/h2-6,9-11,17-19,23H,7-8,12-14H2,1H3/t17?,18-,19+. The molecular weight excluding hydrogens is 298 g/mol. The molecule has 2 aliphatic heterocycles. The van der Waals surface area contributed by atoms with E-state index < -0.39 is 0 Å². The number of methoxy groups -OCH3 is 1. The molecule has 2 saturated heterocycles. The largest absolute Gasteiger partial charge is 0.508 e. The zero-order valence-electron chi connectivity index (χ0n) is 14.2. The zero-order valence-corrected chi connectivity index (χ0v) is 14.2. The fourth-order valence-corrected chi connectivity index (χ4v) is 4.55. The Morgan fingerprint density at radius 3 is 2.38 bits per heavy atom. The van der Waals surface area contributed by atoms with Gasteiger partial charge in [-0.2, -0.15) is 0 Å². The molecule has 0 saturated carbocycles. The van der Waals surface area contributed by atoms with Gasteiger partial charge in [0.15, 0.2) is 0 Å². The highest BCUT2D eigenvalue weighted by Gasteiger charge is 2.40. The van der Waals surface area contributed by atoms with Crippen LogP contribution in [0.5, 0.6) is 11.5 Å². The van der Waals surface area contributed by atoms with Crippen molar-refractivity contribution >= 4 is 0 Å². The smallest absolute Gasteiger partial charge is 0.118 e. The third-order valence-electron chi connectivity index (χ3n) is 5.75. The summed E-state index contributed by atoms with van der Waals surface area (Å²) in [5.41, 5.74) is 2.67. The van der Waals surface area contributed by atoms with E-state index in [9.17, 15) is 5.11 Å². The average Bonchev–Trinajstić information content (AvgIpc) is 2.83. The van der Waals surface area contributed by atoms with Crippen molar-refractivity contribution in [1.29, 1.82) is 0 Å². The third kappa shape index (κ3) is 3.01. The van der Waals surface area contributed by atoms with Crippen LogP contribution in [-0.2, 0) is 6.54 Å². The molecule has 0 aromatic heterocycles. The number of piperidine rings is 1. The predicted molar refractivity (Wildman–Crippen MR) is 95.4 cm³/mol. The fraction of sp³-hybridized carbons (Fsp3) is 0.429. The first-order chi connectivity index (χ1) is 11.7. The fourth-order valence-electron chi connectivity index (χ4n) is 4.55. The molecular formula is C21H25NO2. The van der Waals surface area contributed by atoms with E-state index in [1.807, 2.05) is 12.1 Å². The highest BCUT2D eigenvalue weighted by Crippen LogP contribution is 2.44. The summed E-state index contributed by atoms with van der Waals surface area (Å²) in [6.07, 6.45) is 5.08. The summed E-state index contributed by atoms with van der Waals surface area (Å²) >= 11 is 0. The van der Waals surface area contributed by atoms with Gasteiger partial charge in [0.05, 0.1) is 7.11 Å². The van der Waals surface area contributed by atoms with E-state index in [0.717, 1.165) is 12.3 Å². The number of hydrogen-bond donors (Lipinski definition) is 1. The highest BCUT2D eigenvalue weighted by molar-refractivity contribution is 5.31. The molecule has 2 bridgehead atoms. The van der Waals surface area contributed by atoms with Crippen LogP contribution in [0.2, 0.25) is 0 Å². The summed E-state index contributed by atoms with van der Waals surface area (Å²) in [5.74, 6) is 1.96. The van der Waals surface area contributed by atoms with Crippen LogP contribution < -0.4 is 4.74 Å². The van der Waals surface area contributed by atoms with Gasteiger partial charge >= 0.3 is 0 Å². The summed E-state index contributed by atoms with van der Waals surface area (Å²) in [7, 11) is 1.72. The molecule has 3 heteroatoms. The summed E-state index contributed by atoms with van der Waals surface area (Å²) in [5, 5.41) is 9.69. The van der Waals surface area contributed by atoms with E-state index in [0.29, 0.717) is 23.8 Å². The lowest BCUT2D eigenvalue weighted by atomic mass is 9.85. The van der Waals surface area contributed by atoms with Gasteiger partial charge in [0.2, 0.25) is 0 Å². The first-order valence-electron chi connectivity index (χ1n) is 8.90. The third-order valence-corrected chi connectivity index (χ3v) is 5.75. The summed E-state index contributed by atoms with van der Waals surface area (Å²) < 4.78 is 5.28. The maximum Gasteiger partial charge on any atom is 0.118 e. The number of ether oxygens (including phenoxy) is 1. The van der Waals surface area contributed by atoms with E-state index in [1.54, 1.807) is 13.2 Å². The number of nitrogens with zero attached hydrogens (tertiary/aromatic N) is 1. The topological polar surface area (TPSA) is 32.7 Å². The number of fused-ring (bicyclic) bond motifs is 2. The van der Waals surface area contributed by atoms with E-state index in [1.165, 1.54) is 36.8 Å². The van der Waals surface area contributed by atoms with Gasteiger partial charge in [-0.25, -0.2) is 0 Å². The number of hydrogen-bond acceptors (Lipinski definition) is 3. The first kappa shape index (κ1) is 15.5. The van der Waals surface area contributed by atoms with Crippen LogP contribution in [0.3, 0.4) is 0 Å². The lowest BCUT2D eigenvalue weighted by Gasteiger charge is -2.39. The molecule has 0 radical (unpaired) electrons. The van der Waals surface area contributed by atoms with Gasteiger partial charge in [-0.05, 0) is 67.0 Å². The van der Waals surface area contributed by atoms with Crippen LogP contribution >= 0.6 is 0 Å². The van der Waals surface area contributed by atoms with Gasteiger partial charge in [0, 0.05) is 18.6 Å². The van der Waals surface area contributed by atoms with Gasteiger partial charge in [0.1, 0.15) is 11.5 Å². The maximum atomic E-state index is 9.69. The molecule has 2 aliphatic rings. The van der Waals surface area contributed by atoms with Crippen LogP contribution in [0.4, 0.5) is 0 Å². The van der Waals surface area contributed by atoms with Gasteiger partial charge < -0.3 is 9.84 Å². The molecule has 4 rings (SSSR count). The van der Waals surface area contributed by atoms with Gasteiger partial charge in [-0.1, -0.05) is 24.3 Å². The maximum absolute atomic E-state index is 9.69. The molecule has 2 fully saturated rings. The zero-order chi connectivity index (χ0) is 16.5. The molecule has 2 aromatic carbocycles. The minimum absolute atomic E-state index is 0.368. The summed E-state index contributed by atoms with van der Waals surface area (Å²) in [4.78, 5) is 2.66. The lowest BCUT2D eigenvalue weighted by molar-refractivity contribution is 0.118. The number of aromatic hydroxyl groups is 1. The number of rotatable bonds is 4. The van der Waals surface area contributed by atoms with Crippen molar-refractivity contribution in [1.82, 2.24) is 4.90 Å². The summed E-state index contributed by atoms with van der Waals surface area (Å²) in [6.45, 7) is 0.957. The Morgan fingerprint density at radius 1 is 1.04 bits per heavy atom. The molecule has 3 nitrogen and oxygen atoms in total. The molecule has 2 heterocycles. The Hall–Kier alpha value is -2.00. The molecule has 3 atom stereocenters. The van der Waals surface area contributed by atoms with Crippen LogP contribution in [-0.4, -0.2) is 29.2 Å². The van der Waals surface area contributed by atoms with E-state index in [2.05, 4.69) is 35.2 Å². The Balaban J connectivity index is 1.47. The van der Waals surface area contributed by atoms with Crippen molar-refractivity contribution in [2.45, 2.75) is 50.2 Å². The Morgan fingerprint density at radius 2 is 1.75 bits per heavy atom. The number of benzene rings is 2. The molecule has 2 aromatic rings. The van der Waals surface area contributed by atoms with Crippen molar-refractivity contribution in [2.24, 2.45) is 0 Å². The van der Waals surface area contributed by atoms with Crippen LogP contribution in [0.25, 0.3) is 0 Å². The molecule has 0 aliphatic carbocycles. The quantitative estimate of drug-likeness (QED) is 0.910. The SMILES string of the molecule is COc1ccc(C2C[C@H]3CC[C@@H](C2)N3Cc2cccc(O)c2)cc1. The predicted octanol–water partition coefficient (Wildman–Crippen LogP) is 4.31. The minimum atomic E-state index is 0.368. The average molecular weight is 323 g/mol.